The molecule has 1 aliphatic rings. The number of H-pyrrole nitrogens is 1. The first-order valence-electron chi connectivity index (χ1n) is 3.80. The molecule has 0 aromatic carbocycles. The topological polar surface area (TPSA) is 110 Å². The van der Waals surface area contributed by atoms with E-state index in [0.29, 0.717) is 0 Å². The van der Waals surface area contributed by atoms with Crippen LogP contribution in [0.4, 0.5) is 10.5 Å². The lowest BCUT2D eigenvalue weighted by Gasteiger charge is -2.02. The minimum Gasteiger partial charge on any atom is -0.438 e. The van der Waals surface area contributed by atoms with Crippen molar-refractivity contribution in [1.82, 2.24) is 15.5 Å². The summed E-state index contributed by atoms with van der Waals surface area (Å²) in [6, 6.07) is 0. The van der Waals surface area contributed by atoms with E-state index in [9.17, 15) is 14.9 Å². The molecule has 74 valence electrons. The van der Waals surface area contributed by atoms with Gasteiger partial charge >= 0.3 is 11.8 Å². The molecule has 1 saturated heterocycles. The van der Waals surface area contributed by atoms with Crippen molar-refractivity contribution >= 4 is 11.8 Å². The summed E-state index contributed by atoms with van der Waals surface area (Å²) in [6.45, 7) is 0.210. The molecule has 1 unspecified atom stereocenters. The van der Waals surface area contributed by atoms with Crippen molar-refractivity contribution in [1.29, 1.82) is 0 Å². The van der Waals surface area contributed by atoms with Crippen molar-refractivity contribution in [3.05, 3.63) is 22.0 Å². The predicted octanol–water partition coefficient (Wildman–Crippen LogP) is 0.0988. The van der Waals surface area contributed by atoms with Gasteiger partial charge in [0.2, 0.25) is 0 Å². The molecular weight excluding hydrogens is 192 g/mol. The lowest BCUT2D eigenvalue weighted by atomic mass is 10.2. The van der Waals surface area contributed by atoms with Crippen molar-refractivity contribution in [2.75, 3.05) is 6.54 Å². The Labute approximate surface area is 77.4 Å². The fourth-order valence-electron chi connectivity index (χ4n) is 1.22. The van der Waals surface area contributed by atoms with Crippen LogP contribution in [0.15, 0.2) is 6.20 Å². The maximum Gasteiger partial charge on any atom is 0.408 e. The Balaban J connectivity index is 2.28. The summed E-state index contributed by atoms with van der Waals surface area (Å²) in [7, 11) is 0. The molecule has 0 radical (unpaired) electrons. The highest BCUT2D eigenvalue weighted by atomic mass is 16.6. The summed E-state index contributed by atoms with van der Waals surface area (Å²) in [4.78, 5) is 20.6. The zero-order chi connectivity index (χ0) is 10.1. The van der Waals surface area contributed by atoms with Crippen LogP contribution < -0.4 is 5.32 Å². The van der Waals surface area contributed by atoms with Gasteiger partial charge in [0.15, 0.2) is 11.8 Å². The summed E-state index contributed by atoms with van der Waals surface area (Å²) in [5.74, 6) is 0. The van der Waals surface area contributed by atoms with Gasteiger partial charge < -0.3 is 10.1 Å². The number of hydrogen-bond donors (Lipinski definition) is 2. The van der Waals surface area contributed by atoms with Gasteiger partial charge in [-0.2, -0.15) is 5.10 Å². The minimum absolute atomic E-state index is 0.175. The quantitative estimate of drug-likeness (QED) is 0.517. The van der Waals surface area contributed by atoms with E-state index in [2.05, 4.69) is 15.5 Å². The van der Waals surface area contributed by atoms with E-state index in [-0.39, 0.29) is 17.9 Å². The van der Waals surface area contributed by atoms with Crippen LogP contribution in [0, 0.1) is 10.1 Å². The molecule has 8 nitrogen and oxygen atoms in total. The Hall–Kier alpha value is -2.12. The number of nitro groups is 1. The van der Waals surface area contributed by atoms with Crippen LogP contribution >= 0.6 is 0 Å². The van der Waals surface area contributed by atoms with Crippen LogP contribution in [-0.4, -0.2) is 27.8 Å². The van der Waals surface area contributed by atoms with Crippen LogP contribution in [0.3, 0.4) is 0 Å². The second-order valence-electron chi connectivity index (χ2n) is 2.70. The monoisotopic (exact) mass is 198 g/mol. The Bertz CT molecular complexity index is 387. The van der Waals surface area contributed by atoms with Crippen molar-refractivity contribution in [2.45, 2.75) is 6.10 Å². The van der Waals surface area contributed by atoms with E-state index >= 15 is 0 Å². The fraction of sp³-hybridized carbons (Fsp3) is 0.333. The number of aromatic amines is 1. The molecule has 0 saturated carbocycles. The first kappa shape index (κ1) is 8.48. The van der Waals surface area contributed by atoms with Gasteiger partial charge in [-0.1, -0.05) is 0 Å². The molecule has 2 N–H and O–H groups in total. The Kier molecular flexibility index (Phi) is 1.80. The third-order valence-corrected chi connectivity index (χ3v) is 1.85. The molecular formula is C6H6N4O4. The molecule has 1 aromatic rings. The van der Waals surface area contributed by atoms with E-state index in [1.54, 1.807) is 0 Å². The molecule has 1 atom stereocenters. The normalized spacial score (nSPS) is 20.3. The molecule has 0 bridgehead atoms. The summed E-state index contributed by atoms with van der Waals surface area (Å²) in [6.07, 6.45) is -0.161. The number of aromatic nitrogens is 2. The van der Waals surface area contributed by atoms with Gasteiger partial charge in [-0.05, 0) is 0 Å². The molecule has 2 heterocycles. The van der Waals surface area contributed by atoms with Gasteiger partial charge in [0.25, 0.3) is 0 Å². The number of nitrogens with one attached hydrogen (secondary N) is 2. The maximum absolute atomic E-state index is 10.7. The summed E-state index contributed by atoms with van der Waals surface area (Å²) < 4.78 is 4.77. The largest absolute Gasteiger partial charge is 0.438 e. The fourth-order valence-corrected chi connectivity index (χ4v) is 1.22. The standard InChI is InChI=1S/C6H6N4O4/c11-6-7-2-4(14-6)5-3(10(12)13)1-8-9-5/h1,4H,2H2,(H,7,11)(H,8,9). The lowest BCUT2D eigenvalue weighted by Crippen LogP contribution is -2.12. The minimum atomic E-state index is -0.662. The number of ether oxygens (including phenoxy) is 1. The highest BCUT2D eigenvalue weighted by Crippen LogP contribution is 2.26. The van der Waals surface area contributed by atoms with Gasteiger partial charge in [0.1, 0.15) is 6.20 Å². The summed E-state index contributed by atoms with van der Waals surface area (Å²) in [5.41, 5.74) is 0.0276. The van der Waals surface area contributed by atoms with Crippen molar-refractivity contribution in [2.24, 2.45) is 0 Å². The number of cyclic esters (lactones) is 1. The van der Waals surface area contributed by atoms with E-state index in [1.165, 1.54) is 0 Å². The maximum atomic E-state index is 10.7. The first-order chi connectivity index (χ1) is 6.68. The van der Waals surface area contributed by atoms with Crippen LogP contribution in [0.5, 0.6) is 0 Å². The second kappa shape index (κ2) is 2.98. The highest BCUT2D eigenvalue weighted by molar-refractivity contribution is 5.69. The van der Waals surface area contributed by atoms with E-state index in [0.717, 1.165) is 6.20 Å². The lowest BCUT2D eigenvalue weighted by molar-refractivity contribution is -0.386. The number of carbonyl (C=O) groups excluding carboxylic acids is 1. The Morgan fingerprint density at radius 1 is 1.71 bits per heavy atom. The van der Waals surface area contributed by atoms with Crippen LogP contribution in [0.1, 0.15) is 11.8 Å². The van der Waals surface area contributed by atoms with Gasteiger partial charge in [0.05, 0.1) is 11.5 Å². The smallest absolute Gasteiger partial charge is 0.408 e. The van der Waals surface area contributed by atoms with E-state index < -0.39 is 17.1 Å². The molecule has 14 heavy (non-hydrogen) atoms. The molecule has 1 aromatic heterocycles. The number of nitrogens with zero attached hydrogens (tertiary/aromatic N) is 2. The SMILES string of the molecule is O=C1NCC(c2[nH]ncc2[N+](=O)[O-])O1. The summed E-state index contributed by atoms with van der Waals surface area (Å²) in [5, 5.41) is 18.9. The summed E-state index contributed by atoms with van der Waals surface area (Å²) >= 11 is 0. The number of hydrogen-bond acceptors (Lipinski definition) is 5. The number of rotatable bonds is 2. The number of amides is 1. The van der Waals surface area contributed by atoms with E-state index in [1.807, 2.05) is 0 Å². The van der Waals surface area contributed by atoms with Gasteiger partial charge in [-0.25, -0.2) is 4.79 Å². The van der Waals surface area contributed by atoms with Crippen molar-refractivity contribution < 1.29 is 14.5 Å². The molecule has 1 fully saturated rings. The average molecular weight is 198 g/mol. The van der Waals surface area contributed by atoms with Crippen molar-refractivity contribution in [3.63, 3.8) is 0 Å². The Morgan fingerprint density at radius 3 is 3.07 bits per heavy atom. The highest BCUT2D eigenvalue weighted by Gasteiger charge is 2.32. The first-order valence-corrected chi connectivity index (χ1v) is 3.80. The number of carbonyl (C=O) groups is 1. The van der Waals surface area contributed by atoms with E-state index in [4.69, 9.17) is 4.74 Å². The number of alkyl carbamates (subject to hydrolysis) is 1. The third kappa shape index (κ3) is 1.26. The van der Waals surface area contributed by atoms with Crippen LogP contribution in [0.2, 0.25) is 0 Å². The molecule has 0 spiro atoms. The third-order valence-electron chi connectivity index (χ3n) is 1.85. The molecule has 2 rings (SSSR count). The van der Waals surface area contributed by atoms with Crippen LogP contribution in [0.25, 0.3) is 0 Å². The van der Waals surface area contributed by atoms with Crippen molar-refractivity contribution in [3.8, 4) is 0 Å². The van der Waals surface area contributed by atoms with Gasteiger partial charge in [-0.15, -0.1) is 0 Å². The molecule has 1 amide bonds. The second-order valence-corrected chi connectivity index (χ2v) is 2.70. The predicted molar refractivity (Wildman–Crippen MR) is 42.5 cm³/mol. The molecule has 0 aliphatic carbocycles. The van der Waals surface area contributed by atoms with Crippen LogP contribution in [-0.2, 0) is 4.74 Å². The van der Waals surface area contributed by atoms with Gasteiger partial charge in [-0.3, -0.25) is 15.2 Å². The zero-order valence-corrected chi connectivity index (χ0v) is 6.89. The zero-order valence-electron chi connectivity index (χ0n) is 6.89. The Morgan fingerprint density at radius 2 is 2.50 bits per heavy atom. The van der Waals surface area contributed by atoms with Gasteiger partial charge in [0, 0.05) is 0 Å². The molecule has 8 heteroatoms. The average Bonchev–Trinajstić information content (AvgIpc) is 2.70. The molecule has 1 aliphatic heterocycles.